The first-order valence-electron chi connectivity index (χ1n) is 31.5. The molecule has 47 nitrogen and oxygen atoms in total. The third-order valence-corrected chi connectivity index (χ3v) is 12.5. The lowest BCUT2D eigenvalue weighted by atomic mass is 10.1. The monoisotopic (exact) mass is 1530 g/mol. The van der Waals surface area contributed by atoms with Crippen LogP contribution in [-0.4, -0.2) is 273 Å². The van der Waals surface area contributed by atoms with Crippen molar-refractivity contribution in [3.05, 3.63) is 0 Å². The van der Waals surface area contributed by atoms with Gasteiger partial charge in [-0.25, -0.2) is 57.5 Å². The van der Waals surface area contributed by atoms with Gasteiger partial charge in [0, 0.05) is 92.2 Å². The van der Waals surface area contributed by atoms with Crippen molar-refractivity contribution in [2.24, 2.45) is 0 Å². The molecule has 4 aliphatic rings. The van der Waals surface area contributed by atoms with Gasteiger partial charge in [-0.15, -0.1) is 15.2 Å². The molecule has 4 heterocycles. The minimum Gasteiger partial charge on any atom is -0.458 e. The molecule has 4 rings (SSSR count). The average Bonchev–Trinajstić information content (AvgIpc) is 1.71. The Morgan fingerprint density at radius 2 is 0.613 bits per heavy atom. The predicted octanol–water partition coefficient (Wildman–Crippen LogP) is -0.978. The number of aliphatic hydroxyl groups is 1. The van der Waals surface area contributed by atoms with Crippen molar-refractivity contribution in [1.82, 2.24) is 62.8 Å². The lowest BCUT2D eigenvalue weighted by Crippen LogP contribution is -2.45. The second-order valence-corrected chi connectivity index (χ2v) is 21.2. The fourth-order valence-corrected chi connectivity index (χ4v) is 7.36. The topological polar surface area (TPSA) is 608 Å². The molecule has 3 atom stereocenters. The molecule has 0 bridgehead atoms. The summed E-state index contributed by atoms with van der Waals surface area (Å²) in [6, 6.07) is -2.54. The van der Waals surface area contributed by atoms with Crippen molar-refractivity contribution < 1.29 is 168 Å². The molecule has 106 heavy (non-hydrogen) atoms. The van der Waals surface area contributed by atoms with Crippen molar-refractivity contribution in [2.45, 2.75) is 154 Å². The summed E-state index contributed by atoms with van der Waals surface area (Å²) >= 11 is 0. The Kier molecular flexibility index (Phi) is 51.5. The number of rotatable bonds is 25. The first kappa shape index (κ1) is 98.2. The van der Waals surface area contributed by atoms with E-state index in [0.717, 1.165) is 21.3 Å². The van der Waals surface area contributed by atoms with E-state index in [1.54, 1.807) is 20.8 Å². The van der Waals surface area contributed by atoms with Crippen LogP contribution < -0.4 is 42.5 Å². The number of unbranched alkanes of at least 4 members (excludes halogenated alkanes) is 3. The number of esters is 1. The molecule has 0 aromatic rings. The van der Waals surface area contributed by atoms with Gasteiger partial charge < -0.3 is 105 Å². The number of likely N-dealkylation sites (N-methyl/N-ethyl adjacent to an activating group) is 1. The van der Waals surface area contributed by atoms with Crippen LogP contribution in [0.15, 0.2) is 0 Å². The molecule has 3 unspecified atom stereocenters. The Morgan fingerprint density at radius 1 is 0.349 bits per heavy atom. The van der Waals surface area contributed by atoms with Gasteiger partial charge in [0.05, 0.1) is 56.9 Å². The molecule has 0 aromatic heterocycles. The molecule has 0 aliphatic carbocycles. The average molecular weight is 1530 g/mol. The van der Waals surface area contributed by atoms with Gasteiger partial charge in [-0.3, -0.25) is 48.0 Å². The standard InChI is InChI=1S/C14H21N3O8.C14H26N2O6.C11H21N3O5.C10H8N2O8.C6H7NO5.C3H7NO2.CH4O/c1-23-13(21)15-8-4-3-5-9(16-14(22)24-2)12(20)25-17-10(18)6-7-11(17)19;1-14(2,3)22-11(17)10(16-13(19)21-5)8-6-7-9-15-12(18)20-4;1-12-9(15)8(14-11(17)19-3)6-4-5-7-13-10(16)18-2;13-5-1-2-6(14)11(5)19-9(17)10(18)20-12-7(15)3-4-8(12)16;1-11-6(10)12-7-4(8)2-3-5(7)9;1-4-3(5)6-2;1-2/h9H,3-8H2,1-2H3,(H,15,21)(H,16,22);10H,6-9H2,1-5H3,(H,15,18)(H,16,19);8H,4-7H2,1-3H3,(H,12,15)(H,13,16)(H,14,17);1-4H2;2-3H2,1H3;1-2H3,(H,4,5);2H,1H3. The lowest BCUT2D eigenvalue weighted by molar-refractivity contribution is -0.215. The molecule has 4 fully saturated rings. The molecule has 0 saturated carbocycles. The van der Waals surface area contributed by atoms with Crippen LogP contribution in [0, 0.1) is 0 Å². The van der Waals surface area contributed by atoms with Gasteiger partial charge in [0.15, 0.2) is 0 Å². The van der Waals surface area contributed by atoms with Crippen LogP contribution in [0.4, 0.5) is 38.4 Å². The molecule has 9 N–H and O–H groups in total. The van der Waals surface area contributed by atoms with E-state index in [1.807, 2.05) is 0 Å². The Hall–Kier alpha value is -12.0. The highest BCUT2D eigenvalue weighted by atomic mass is 16.8. The number of ether oxygens (including phenoxy) is 9. The van der Waals surface area contributed by atoms with Gasteiger partial charge in [-0.1, -0.05) is 5.06 Å². The number of carbonyl (C=O) groups is 21. The summed E-state index contributed by atoms with van der Waals surface area (Å²) in [7, 11) is 13.8. The number of hydrogen-bond donors (Lipinski definition) is 9. The molecular weight excluding hydrogens is 1440 g/mol. The fraction of sp³-hybridized carbons (Fsp3) is 0.644. The van der Waals surface area contributed by atoms with E-state index in [-0.39, 0.29) is 73.8 Å². The Bertz CT molecular complexity index is 2880. The first-order valence-corrected chi connectivity index (χ1v) is 31.5. The molecular formula is C59H94N12O35. The number of hydrogen-bond acceptors (Lipinski definition) is 35. The summed E-state index contributed by atoms with van der Waals surface area (Å²) in [6.45, 7) is 6.44. The second-order valence-electron chi connectivity index (χ2n) is 21.2. The molecule has 0 aromatic carbocycles. The number of methoxy groups -OCH3 is 8. The lowest BCUT2D eigenvalue weighted by Gasteiger charge is -2.24. The number of alkyl carbamates (subject to hydrolysis) is 7. The van der Waals surface area contributed by atoms with E-state index >= 15 is 0 Å². The van der Waals surface area contributed by atoms with Crippen LogP contribution in [0.2, 0.25) is 0 Å². The number of hydroxylamine groups is 8. The highest BCUT2D eigenvalue weighted by Crippen LogP contribution is 2.18. The van der Waals surface area contributed by atoms with Crippen molar-refractivity contribution >= 4 is 126 Å². The Balaban J connectivity index is -0.00000123. The van der Waals surface area contributed by atoms with E-state index in [0.29, 0.717) is 81.1 Å². The molecule has 16 amide bonds. The van der Waals surface area contributed by atoms with Crippen LogP contribution >= 0.6 is 0 Å². The third kappa shape index (κ3) is 43.1. The highest BCUT2D eigenvalue weighted by Gasteiger charge is 2.40. The van der Waals surface area contributed by atoms with E-state index in [1.165, 1.54) is 56.8 Å². The molecule has 47 heteroatoms. The number of nitrogens with zero attached hydrogens (tertiary/aromatic N) is 4. The van der Waals surface area contributed by atoms with Crippen molar-refractivity contribution in [3.63, 3.8) is 0 Å². The summed E-state index contributed by atoms with van der Waals surface area (Å²) in [4.78, 5) is 252. The number of amides is 16. The van der Waals surface area contributed by atoms with E-state index in [2.05, 4.69) is 94.9 Å². The van der Waals surface area contributed by atoms with Gasteiger partial charge in [0.1, 0.15) is 23.7 Å². The van der Waals surface area contributed by atoms with E-state index in [9.17, 15) is 101 Å². The molecule has 0 spiro atoms. The van der Waals surface area contributed by atoms with Gasteiger partial charge >= 0.3 is 72.7 Å². The summed E-state index contributed by atoms with van der Waals surface area (Å²) < 4.78 is 40.2. The third-order valence-electron chi connectivity index (χ3n) is 12.5. The summed E-state index contributed by atoms with van der Waals surface area (Å²) in [5.74, 6) is -10.5. The van der Waals surface area contributed by atoms with Crippen LogP contribution in [0.1, 0.15) is 130 Å². The van der Waals surface area contributed by atoms with E-state index in [4.69, 9.17) is 14.7 Å². The maximum Gasteiger partial charge on any atom is 0.533 e. The maximum absolute atomic E-state index is 12.1. The minimum atomic E-state index is -1.68. The van der Waals surface area contributed by atoms with Crippen LogP contribution in [0.3, 0.4) is 0 Å². The van der Waals surface area contributed by atoms with Crippen molar-refractivity contribution in [2.75, 3.05) is 97.7 Å². The Morgan fingerprint density at radius 3 is 0.868 bits per heavy atom. The van der Waals surface area contributed by atoms with Crippen LogP contribution in [0.25, 0.3) is 0 Å². The normalized spacial score (nSPS) is 13.8. The zero-order valence-electron chi connectivity index (χ0n) is 61.0. The van der Waals surface area contributed by atoms with Gasteiger partial charge in [-0.05, 0) is 78.6 Å². The second kappa shape index (κ2) is 55.6. The predicted molar refractivity (Wildman–Crippen MR) is 346 cm³/mol. The first-order chi connectivity index (χ1) is 50.0. The fourth-order valence-electron chi connectivity index (χ4n) is 7.36. The largest absolute Gasteiger partial charge is 0.533 e. The smallest absolute Gasteiger partial charge is 0.458 e. The van der Waals surface area contributed by atoms with Gasteiger partial charge in [0.25, 0.3) is 47.3 Å². The molecule has 600 valence electrons. The number of nitrogens with one attached hydrogen (secondary N) is 8. The summed E-state index contributed by atoms with van der Waals surface area (Å²) in [5, 5.41) is 27.6. The summed E-state index contributed by atoms with van der Waals surface area (Å²) in [5.41, 5.74) is -0.639. The van der Waals surface area contributed by atoms with Gasteiger partial charge in [0.2, 0.25) is 5.91 Å². The molecule has 0 radical (unpaired) electrons. The van der Waals surface area contributed by atoms with Gasteiger partial charge in [-0.2, -0.15) is 0 Å². The minimum absolute atomic E-state index is 0.0274. The van der Waals surface area contributed by atoms with Crippen LogP contribution in [0.5, 0.6) is 0 Å². The Labute approximate surface area is 606 Å². The number of carbonyl (C=O) groups excluding carboxylic acids is 21. The maximum atomic E-state index is 12.1. The molecule has 4 saturated heterocycles. The van der Waals surface area contributed by atoms with Crippen LogP contribution in [-0.2, 0) is 124 Å². The van der Waals surface area contributed by atoms with E-state index < -0.39 is 144 Å². The number of aliphatic hydroxyl groups excluding tert-OH is 1. The SMILES string of the molecule is CNC(=O)C(CCCCNC(=O)OC)NC(=O)OC.CNC(=O)OC.CO.COC(=O)NCCCCC(NC(=O)OC)C(=O)OC(C)(C)C.COC(=O)NCCCCC(NC(=O)OC)C(=O)ON1C(=O)CCC1=O.COC(=O)ON1C(=O)CCC1=O.O=C(ON1C(=O)CCC1=O)C(=O)ON1C(=O)CCC1=O. The summed E-state index contributed by atoms with van der Waals surface area (Å²) in [6.07, 6.45) is -1.16. The highest BCUT2D eigenvalue weighted by molar-refractivity contribution is 6.30. The quantitative estimate of drug-likeness (QED) is 0.0174. The zero-order chi connectivity index (χ0) is 81.7. The zero-order valence-corrected chi connectivity index (χ0v) is 61.0. The molecule has 4 aliphatic heterocycles. The number of imide groups is 4. The van der Waals surface area contributed by atoms with Crippen molar-refractivity contribution in [1.29, 1.82) is 0 Å². The van der Waals surface area contributed by atoms with Crippen molar-refractivity contribution in [3.8, 4) is 0 Å².